The van der Waals surface area contributed by atoms with Gasteiger partial charge in [0.2, 0.25) is 0 Å². The minimum absolute atomic E-state index is 0.00294. The lowest BCUT2D eigenvalue weighted by Crippen LogP contribution is -2.30. The Labute approximate surface area is 149 Å². The Morgan fingerprint density at radius 1 is 1.08 bits per heavy atom. The zero-order valence-electron chi connectivity index (χ0n) is 14.7. The van der Waals surface area contributed by atoms with Crippen molar-refractivity contribution in [2.45, 2.75) is 38.6 Å². The van der Waals surface area contributed by atoms with E-state index in [0.29, 0.717) is 12.1 Å². The Kier molecular flexibility index (Phi) is 6.56. The minimum Gasteiger partial charge on any atom is -0.352 e. The van der Waals surface area contributed by atoms with Gasteiger partial charge in [0.25, 0.3) is 5.91 Å². The largest absolute Gasteiger partial charge is 0.352 e. The Hall–Kier alpha value is -2.21. The van der Waals surface area contributed by atoms with Gasteiger partial charge >= 0.3 is 0 Å². The van der Waals surface area contributed by atoms with Crippen molar-refractivity contribution >= 4 is 5.91 Å². The number of aromatic nitrogens is 3. The molecule has 0 unspecified atom stereocenters. The van der Waals surface area contributed by atoms with Crippen LogP contribution in [0.25, 0.3) is 0 Å². The second-order valence-corrected chi connectivity index (χ2v) is 6.66. The fraction of sp³-hybridized carbons (Fsp3) is 0.526. The number of nitrogens with one attached hydrogen (secondary N) is 1. The van der Waals surface area contributed by atoms with Crippen molar-refractivity contribution in [2.75, 3.05) is 26.2 Å². The SMILES string of the molecule is O=C(NCCCN1CCCCCC1)c1ccc(Cn2cncn2)cc1. The van der Waals surface area contributed by atoms with Crippen LogP contribution in [0.15, 0.2) is 36.9 Å². The van der Waals surface area contributed by atoms with Crippen LogP contribution in [0.2, 0.25) is 0 Å². The first-order valence-electron chi connectivity index (χ1n) is 9.23. The lowest BCUT2D eigenvalue weighted by Gasteiger charge is -2.19. The van der Waals surface area contributed by atoms with Crippen molar-refractivity contribution in [1.82, 2.24) is 25.0 Å². The minimum atomic E-state index is 0.00294. The summed E-state index contributed by atoms with van der Waals surface area (Å²) in [5.41, 5.74) is 1.81. The van der Waals surface area contributed by atoms with E-state index in [4.69, 9.17) is 0 Å². The molecule has 3 rings (SSSR count). The van der Waals surface area contributed by atoms with E-state index in [0.717, 1.165) is 25.1 Å². The van der Waals surface area contributed by atoms with Gasteiger partial charge in [0.05, 0.1) is 6.54 Å². The third-order valence-corrected chi connectivity index (χ3v) is 4.66. The molecule has 2 heterocycles. The molecule has 1 fully saturated rings. The molecule has 1 saturated heterocycles. The molecule has 0 spiro atoms. The van der Waals surface area contributed by atoms with Crippen LogP contribution in [0.1, 0.15) is 48.0 Å². The van der Waals surface area contributed by atoms with Gasteiger partial charge in [0, 0.05) is 12.1 Å². The molecule has 1 N–H and O–H groups in total. The molecule has 25 heavy (non-hydrogen) atoms. The number of carbonyl (C=O) groups excluding carboxylic acids is 1. The van der Waals surface area contributed by atoms with E-state index in [-0.39, 0.29) is 5.91 Å². The second kappa shape index (κ2) is 9.32. The quantitative estimate of drug-likeness (QED) is 0.785. The molecular formula is C19H27N5O. The zero-order valence-corrected chi connectivity index (χ0v) is 14.7. The smallest absolute Gasteiger partial charge is 0.251 e. The van der Waals surface area contributed by atoms with Gasteiger partial charge in [0.1, 0.15) is 12.7 Å². The third kappa shape index (κ3) is 5.67. The molecule has 0 atom stereocenters. The first-order chi connectivity index (χ1) is 12.3. The first-order valence-corrected chi connectivity index (χ1v) is 9.23. The fourth-order valence-electron chi connectivity index (χ4n) is 3.23. The van der Waals surface area contributed by atoms with Crippen LogP contribution in [0.4, 0.5) is 0 Å². The molecule has 1 aromatic heterocycles. The van der Waals surface area contributed by atoms with E-state index in [1.54, 1.807) is 11.0 Å². The van der Waals surface area contributed by atoms with Gasteiger partial charge in [-0.25, -0.2) is 9.67 Å². The van der Waals surface area contributed by atoms with E-state index < -0.39 is 0 Å². The number of nitrogens with zero attached hydrogens (tertiary/aromatic N) is 4. The molecular weight excluding hydrogens is 314 g/mol. The molecule has 2 aromatic rings. The normalized spacial score (nSPS) is 15.7. The fourth-order valence-corrected chi connectivity index (χ4v) is 3.23. The summed E-state index contributed by atoms with van der Waals surface area (Å²) in [4.78, 5) is 18.7. The summed E-state index contributed by atoms with van der Waals surface area (Å²) in [6.07, 6.45) is 9.56. The van der Waals surface area contributed by atoms with Crippen molar-refractivity contribution in [3.05, 3.63) is 48.0 Å². The van der Waals surface area contributed by atoms with Crippen LogP contribution in [0, 0.1) is 0 Å². The van der Waals surface area contributed by atoms with Crippen LogP contribution in [0.5, 0.6) is 0 Å². The maximum atomic E-state index is 12.2. The highest BCUT2D eigenvalue weighted by atomic mass is 16.1. The van der Waals surface area contributed by atoms with E-state index in [2.05, 4.69) is 20.3 Å². The predicted molar refractivity (Wildman–Crippen MR) is 97.4 cm³/mol. The summed E-state index contributed by atoms with van der Waals surface area (Å²) >= 11 is 0. The summed E-state index contributed by atoms with van der Waals surface area (Å²) in [6, 6.07) is 7.68. The van der Waals surface area contributed by atoms with Crippen LogP contribution in [-0.2, 0) is 6.54 Å². The average molecular weight is 341 g/mol. The number of carbonyl (C=O) groups is 1. The Morgan fingerprint density at radius 2 is 1.84 bits per heavy atom. The molecule has 6 heteroatoms. The number of amides is 1. The molecule has 1 aromatic carbocycles. The number of rotatable bonds is 7. The van der Waals surface area contributed by atoms with Crippen LogP contribution in [0.3, 0.4) is 0 Å². The van der Waals surface area contributed by atoms with Gasteiger partial charge < -0.3 is 10.2 Å². The number of hydrogen-bond donors (Lipinski definition) is 1. The molecule has 0 bridgehead atoms. The molecule has 6 nitrogen and oxygen atoms in total. The maximum Gasteiger partial charge on any atom is 0.251 e. The maximum absolute atomic E-state index is 12.2. The molecule has 1 aliphatic heterocycles. The Bertz CT molecular complexity index is 630. The van der Waals surface area contributed by atoms with Crippen molar-refractivity contribution in [3.63, 3.8) is 0 Å². The van der Waals surface area contributed by atoms with E-state index in [9.17, 15) is 4.79 Å². The third-order valence-electron chi connectivity index (χ3n) is 4.66. The lowest BCUT2D eigenvalue weighted by molar-refractivity contribution is 0.0951. The molecule has 1 amide bonds. The molecule has 134 valence electrons. The highest BCUT2D eigenvalue weighted by molar-refractivity contribution is 5.94. The van der Waals surface area contributed by atoms with Gasteiger partial charge in [-0.1, -0.05) is 25.0 Å². The topological polar surface area (TPSA) is 63.1 Å². The summed E-state index contributed by atoms with van der Waals surface area (Å²) in [7, 11) is 0. The van der Waals surface area contributed by atoms with Crippen LogP contribution in [-0.4, -0.2) is 51.8 Å². The summed E-state index contributed by atoms with van der Waals surface area (Å²) in [6.45, 7) is 4.90. The number of benzene rings is 1. The molecule has 0 radical (unpaired) electrons. The molecule has 1 aliphatic rings. The Balaban J connectivity index is 1.39. The first kappa shape index (κ1) is 17.6. The molecule has 0 saturated carbocycles. The summed E-state index contributed by atoms with van der Waals surface area (Å²) < 4.78 is 1.76. The van der Waals surface area contributed by atoms with Gasteiger partial charge in [-0.05, 0) is 56.6 Å². The van der Waals surface area contributed by atoms with Crippen molar-refractivity contribution in [1.29, 1.82) is 0 Å². The zero-order chi connectivity index (χ0) is 17.3. The van der Waals surface area contributed by atoms with E-state index in [1.165, 1.54) is 45.1 Å². The van der Waals surface area contributed by atoms with Gasteiger partial charge in [-0.3, -0.25) is 4.79 Å². The number of likely N-dealkylation sites (tertiary alicyclic amines) is 1. The monoisotopic (exact) mass is 341 g/mol. The van der Waals surface area contributed by atoms with Crippen molar-refractivity contribution in [3.8, 4) is 0 Å². The average Bonchev–Trinajstić information content (AvgIpc) is 3.00. The van der Waals surface area contributed by atoms with Gasteiger partial charge in [0.15, 0.2) is 0 Å². The van der Waals surface area contributed by atoms with Crippen LogP contribution < -0.4 is 5.32 Å². The van der Waals surface area contributed by atoms with E-state index in [1.807, 2.05) is 24.3 Å². The van der Waals surface area contributed by atoms with Crippen LogP contribution >= 0.6 is 0 Å². The summed E-state index contributed by atoms with van der Waals surface area (Å²) in [5.74, 6) is 0.00294. The number of hydrogen-bond acceptors (Lipinski definition) is 4. The standard InChI is InChI=1S/C19H27N5O/c25-19(21-10-5-13-23-11-3-1-2-4-12-23)18-8-6-17(7-9-18)14-24-16-20-15-22-24/h6-9,15-16H,1-5,10-14H2,(H,21,25). The van der Waals surface area contributed by atoms with E-state index >= 15 is 0 Å². The second-order valence-electron chi connectivity index (χ2n) is 6.66. The van der Waals surface area contributed by atoms with Crippen molar-refractivity contribution in [2.24, 2.45) is 0 Å². The molecule has 0 aliphatic carbocycles. The lowest BCUT2D eigenvalue weighted by atomic mass is 10.1. The highest BCUT2D eigenvalue weighted by Gasteiger charge is 2.09. The van der Waals surface area contributed by atoms with Gasteiger partial charge in [-0.2, -0.15) is 5.10 Å². The van der Waals surface area contributed by atoms with Gasteiger partial charge in [-0.15, -0.1) is 0 Å². The Morgan fingerprint density at radius 3 is 2.52 bits per heavy atom. The van der Waals surface area contributed by atoms with Crippen molar-refractivity contribution < 1.29 is 4.79 Å². The highest BCUT2D eigenvalue weighted by Crippen LogP contribution is 2.10. The predicted octanol–water partition coefficient (Wildman–Crippen LogP) is 2.32. The summed E-state index contributed by atoms with van der Waals surface area (Å²) in [5, 5.41) is 7.11.